The van der Waals surface area contributed by atoms with Crippen molar-refractivity contribution in [3.05, 3.63) is 64.7 Å². The van der Waals surface area contributed by atoms with Crippen molar-refractivity contribution in [1.29, 1.82) is 5.41 Å². The highest BCUT2D eigenvalue weighted by molar-refractivity contribution is 8.26. The Hall–Kier alpha value is -3.39. The Bertz CT molecular complexity index is 1120. The van der Waals surface area contributed by atoms with Gasteiger partial charge < -0.3 is 9.47 Å². The van der Waals surface area contributed by atoms with Gasteiger partial charge in [-0.2, -0.15) is 15.1 Å². The van der Waals surface area contributed by atoms with E-state index in [1.54, 1.807) is 6.08 Å². The number of rotatable bonds is 6. The molecule has 2 heterocycles. The first kappa shape index (κ1) is 20.9. The summed E-state index contributed by atoms with van der Waals surface area (Å²) in [6.45, 7) is 6.72. The average Bonchev–Trinajstić information content (AvgIpc) is 3.11. The van der Waals surface area contributed by atoms with Crippen molar-refractivity contribution in [1.82, 2.24) is 5.01 Å². The molecule has 0 unspecified atom stereocenters. The van der Waals surface area contributed by atoms with Crippen LogP contribution in [0, 0.1) is 19.3 Å². The maximum atomic E-state index is 12.3. The fourth-order valence-corrected chi connectivity index (χ4v) is 3.98. The number of amidine groups is 2. The van der Waals surface area contributed by atoms with Gasteiger partial charge in [-0.05, 0) is 67.4 Å². The van der Waals surface area contributed by atoms with E-state index in [-0.39, 0.29) is 11.4 Å². The van der Waals surface area contributed by atoms with E-state index in [0.717, 1.165) is 27.5 Å². The van der Waals surface area contributed by atoms with Gasteiger partial charge in [-0.3, -0.25) is 10.2 Å². The number of aryl methyl sites for hydroxylation is 2. The number of hydrogen-bond donors (Lipinski definition) is 1. The summed E-state index contributed by atoms with van der Waals surface area (Å²) in [5.74, 6) is 1.20. The van der Waals surface area contributed by atoms with Crippen LogP contribution in [0.3, 0.4) is 0 Å². The van der Waals surface area contributed by atoms with Gasteiger partial charge >= 0.3 is 0 Å². The summed E-state index contributed by atoms with van der Waals surface area (Å²) in [6, 6.07) is 13.4. The maximum absolute atomic E-state index is 12.3. The number of aliphatic imine (C=N–C) groups is 1. The van der Waals surface area contributed by atoms with Crippen LogP contribution in [-0.2, 0) is 4.79 Å². The number of nitrogens with one attached hydrogen (secondary N) is 1. The summed E-state index contributed by atoms with van der Waals surface area (Å²) in [6.07, 6.45) is 1.65. The van der Waals surface area contributed by atoms with Gasteiger partial charge in [0.25, 0.3) is 5.91 Å². The van der Waals surface area contributed by atoms with E-state index in [0.29, 0.717) is 24.1 Å². The molecule has 0 spiro atoms. The topological polar surface area (TPSA) is 87.3 Å². The molecule has 1 amide bonds. The third-order valence-corrected chi connectivity index (χ3v) is 5.58. The first-order valence-electron chi connectivity index (χ1n) is 9.81. The molecule has 2 aliphatic rings. The van der Waals surface area contributed by atoms with Gasteiger partial charge in [0.05, 0.1) is 10.6 Å². The van der Waals surface area contributed by atoms with Crippen LogP contribution in [-0.4, -0.2) is 40.2 Å². The zero-order chi connectivity index (χ0) is 22.0. The Morgan fingerprint density at radius 2 is 1.71 bits per heavy atom. The first-order chi connectivity index (χ1) is 14.9. The minimum Gasteiger partial charge on any atom is -0.490 e. The summed E-state index contributed by atoms with van der Waals surface area (Å²) in [5, 5.41) is 15.1. The van der Waals surface area contributed by atoms with E-state index < -0.39 is 5.91 Å². The Morgan fingerprint density at radius 3 is 2.42 bits per heavy atom. The Balaban J connectivity index is 1.36. The van der Waals surface area contributed by atoms with Crippen LogP contribution in [0.5, 0.6) is 11.5 Å². The summed E-state index contributed by atoms with van der Waals surface area (Å²) in [5.41, 5.74) is 3.19. The van der Waals surface area contributed by atoms with Crippen LogP contribution in [0.15, 0.2) is 58.1 Å². The van der Waals surface area contributed by atoms with Gasteiger partial charge in [0.2, 0.25) is 5.17 Å². The highest BCUT2D eigenvalue weighted by atomic mass is 32.2. The Kier molecular flexibility index (Phi) is 5.90. The highest BCUT2D eigenvalue weighted by Gasteiger charge is 2.34. The molecule has 0 saturated carbocycles. The SMILES string of the molecule is CC1=NN2C(=N)C(=Cc3ccc(OCCOc4c(C)cccc4C)cc3)C(=O)N=C2S1. The van der Waals surface area contributed by atoms with E-state index in [1.807, 2.05) is 63.2 Å². The minimum absolute atomic E-state index is 0.0309. The average molecular weight is 435 g/mol. The third kappa shape index (κ3) is 4.54. The second-order valence-corrected chi connectivity index (χ2v) is 8.29. The summed E-state index contributed by atoms with van der Waals surface area (Å²) in [4.78, 5) is 16.4. The molecule has 31 heavy (non-hydrogen) atoms. The maximum Gasteiger partial charge on any atom is 0.283 e. The highest BCUT2D eigenvalue weighted by Crippen LogP contribution is 2.28. The molecule has 0 fully saturated rings. The van der Waals surface area contributed by atoms with Crippen molar-refractivity contribution in [2.45, 2.75) is 20.8 Å². The van der Waals surface area contributed by atoms with Crippen molar-refractivity contribution >= 4 is 39.8 Å². The number of benzene rings is 2. The van der Waals surface area contributed by atoms with Crippen molar-refractivity contribution in [3.8, 4) is 11.5 Å². The van der Waals surface area contributed by atoms with Gasteiger partial charge in [-0.1, -0.05) is 30.3 Å². The number of amides is 1. The molecule has 2 aliphatic heterocycles. The van der Waals surface area contributed by atoms with Gasteiger partial charge in [0.15, 0.2) is 5.84 Å². The Labute approximate surface area is 185 Å². The second-order valence-electron chi connectivity index (χ2n) is 7.13. The molecule has 0 aromatic heterocycles. The number of hydrogen-bond acceptors (Lipinski definition) is 6. The van der Waals surface area contributed by atoms with E-state index in [2.05, 4.69) is 10.1 Å². The molecule has 0 atom stereocenters. The monoisotopic (exact) mass is 434 g/mol. The van der Waals surface area contributed by atoms with Crippen LogP contribution in [0.25, 0.3) is 6.08 Å². The lowest BCUT2D eigenvalue weighted by atomic mass is 10.1. The number of fused-ring (bicyclic) bond motifs is 1. The lowest BCUT2D eigenvalue weighted by molar-refractivity contribution is -0.114. The predicted octanol–water partition coefficient (Wildman–Crippen LogP) is 4.40. The van der Waals surface area contributed by atoms with Crippen LogP contribution >= 0.6 is 11.8 Å². The van der Waals surface area contributed by atoms with E-state index in [1.165, 1.54) is 16.8 Å². The number of hydrazone groups is 1. The molecular weight excluding hydrogens is 412 g/mol. The molecule has 2 aromatic carbocycles. The zero-order valence-corrected chi connectivity index (χ0v) is 18.3. The largest absolute Gasteiger partial charge is 0.490 e. The number of carbonyl (C=O) groups is 1. The van der Waals surface area contributed by atoms with Crippen LogP contribution in [0.1, 0.15) is 23.6 Å². The van der Waals surface area contributed by atoms with Crippen molar-refractivity contribution < 1.29 is 14.3 Å². The Morgan fingerprint density at radius 1 is 1.03 bits per heavy atom. The fraction of sp³-hybridized carbons (Fsp3) is 0.217. The zero-order valence-electron chi connectivity index (χ0n) is 17.5. The van der Waals surface area contributed by atoms with E-state index >= 15 is 0 Å². The lowest BCUT2D eigenvalue weighted by Gasteiger charge is -2.20. The van der Waals surface area contributed by atoms with Crippen molar-refractivity contribution in [2.24, 2.45) is 10.1 Å². The number of carbonyl (C=O) groups excluding carboxylic acids is 1. The molecule has 4 rings (SSSR count). The molecule has 2 aromatic rings. The molecule has 0 bridgehead atoms. The predicted molar refractivity (Wildman–Crippen MR) is 124 cm³/mol. The van der Waals surface area contributed by atoms with Crippen LogP contribution < -0.4 is 9.47 Å². The van der Waals surface area contributed by atoms with Crippen LogP contribution in [0.2, 0.25) is 0 Å². The molecule has 8 heteroatoms. The lowest BCUT2D eigenvalue weighted by Crippen LogP contribution is -2.35. The summed E-state index contributed by atoms with van der Waals surface area (Å²) < 4.78 is 11.6. The van der Waals surface area contributed by atoms with Gasteiger partial charge in [0.1, 0.15) is 24.7 Å². The minimum atomic E-state index is -0.433. The number of thioether (sulfide) groups is 1. The molecule has 0 aliphatic carbocycles. The molecule has 0 saturated heterocycles. The van der Waals surface area contributed by atoms with Gasteiger partial charge in [-0.15, -0.1) is 0 Å². The normalized spacial score (nSPS) is 16.9. The first-order valence-corrected chi connectivity index (χ1v) is 10.6. The van der Waals surface area contributed by atoms with E-state index in [4.69, 9.17) is 14.9 Å². The molecule has 1 N–H and O–H groups in total. The van der Waals surface area contributed by atoms with Gasteiger partial charge in [0, 0.05) is 0 Å². The standard InChI is InChI=1S/C23H22N4O3S/c1-14-5-4-6-15(2)20(14)30-12-11-29-18-9-7-17(8-10-18)13-19-21(24)27-23(25-22(19)28)31-16(3)26-27/h4-10,13,24H,11-12H2,1-3H3. The van der Waals surface area contributed by atoms with Gasteiger partial charge in [-0.25, -0.2) is 0 Å². The van der Waals surface area contributed by atoms with Crippen molar-refractivity contribution in [2.75, 3.05) is 13.2 Å². The molecule has 158 valence electrons. The number of ether oxygens (including phenoxy) is 2. The smallest absolute Gasteiger partial charge is 0.283 e. The number of nitrogens with zero attached hydrogens (tertiary/aromatic N) is 3. The third-order valence-electron chi connectivity index (χ3n) is 4.75. The van der Waals surface area contributed by atoms with Crippen LogP contribution in [0.4, 0.5) is 0 Å². The fourth-order valence-electron chi connectivity index (χ4n) is 3.24. The molecule has 0 radical (unpaired) electrons. The number of para-hydroxylation sites is 1. The second kappa shape index (κ2) is 8.77. The molecular formula is C23H22N4O3S. The summed E-state index contributed by atoms with van der Waals surface area (Å²) >= 11 is 1.29. The van der Waals surface area contributed by atoms with Crippen molar-refractivity contribution in [3.63, 3.8) is 0 Å². The summed E-state index contributed by atoms with van der Waals surface area (Å²) in [7, 11) is 0. The van der Waals surface area contributed by atoms with E-state index in [9.17, 15) is 4.79 Å². The quantitative estimate of drug-likeness (QED) is 0.538. The molecule has 7 nitrogen and oxygen atoms in total.